The largest absolute Gasteiger partial charge is 0.503 e. The van der Waals surface area contributed by atoms with Gasteiger partial charge >= 0.3 is 5.97 Å². The molecule has 0 fully saturated rings. The first-order valence-electron chi connectivity index (χ1n) is 13.8. The minimum Gasteiger partial charge on any atom is -0.503 e. The number of allylic oxidation sites excluding steroid dienone is 1. The van der Waals surface area contributed by atoms with Gasteiger partial charge in [-0.3, -0.25) is 14.5 Å². The van der Waals surface area contributed by atoms with E-state index in [0.717, 1.165) is 36.2 Å². The fourth-order valence-electron chi connectivity index (χ4n) is 4.57. The number of thiazole rings is 1. The number of benzene rings is 2. The minimum absolute atomic E-state index is 0.114. The summed E-state index contributed by atoms with van der Waals surface area (Å²) in [5, 5.41) is 11.2. The molecule has 0 saturated carbocycles. The summed E-state index contributed by atoms with van der Waals surface area (Å²) in [6, 6.07) is 13.3. The highest BCUT2D eigenvalue weighted by molar-refractivity contribution is 7.17. The molecule has 10 heteroatoms. The van der Waals surface area contributed by atoms with Crippen LogP contribution in [0.15, 0.2) is 65.9 Å². The Balaban J connectivity index is 1.78. The van der Waals surface area contributed by atoms with Crippen LogP contribution < -0.4 is 14.4 Å². The maximum Gasteiger partial charge on any atom is 0.350 e. The number of hydrogen-bond donors (Lipinski definition) is 1. The van der Waals surface area contributed by atoms with Gasteiger partial charge in [-0.15, -0.1) is 0 Å². The van der Waals surface area contributed by atoms with Crippen molar-refractivity contribution >= 4 is 40.2 Å². The van der Waals surface area contributed by atoms with Gasteiger partial charge in [-0.25, -0.2) is 9.78 Å². The Morgan fingerprint density at radius 3 is 2.55 bits per heavy atom. The van der Waals surface area contributed by atoms with Crippen LogP contribution in [0, 0.1) is 6.92 Å². The zero-order valence-corrected chi connectivity index (χ0v) is 24.9. The first-order valence-corrected chi connectivity index (χ1v) is 14.6. The van der Waals surface area contributed by atoms with Crippen LogP contribution in [0.2, 0.25) is 0 Å². The molecule has 1 unspecified atom stereocenters. The molecule has 1 atom stereocenters. The number of nitrogens with zero attached hydrogens (tertiary/aromatic N) is 2. The van der Waals surface area contributed by atoms with E-state index in [-0.39, 0.29) is 22.2 Å². The number of esters is 1. The topological polar surface area (TPSA) is 115 Å². The Bertz CT molecular complexity index is 1510. The van der Waals surface area contributed by atoms with Crippen molar-refractivity contribution in [2.24, 2.45) is 0 Å². The third-order valence-corrected chi connectivity index (χ3v) is 7.80. The van der Waals surface area contributed by atoms with E-state index in [2.05, 4.69) is 11.9 Å². The summed E-state index contributed by atoms with van der Waals surface area (Å²) in [4.78, 5) is 45.6. The van der Waals surface area contributed by atoms with Crippen LogP contribution in [0.1, 0.15) is 65.6 Å². The average Bonchev–Trinajstić information content (AvgIpc) is 3.51. The third-order valence-electron chi connectivity index (χ3n) is 6.66. The van der Waals surface area contributed by atoms with Gasteiger partial charge in [-0.1, -0.05) is 73.6 Å². The Morgan fingerprint density at radius 2 is 1.86 bits per heavy atom. The number of unbranched alkanes of at least 4 members (excludes halogenated alkanes) is 2. The Labute approximate surface area is 249 Å². The monoisotopic (exact) mass is 590 g/mol. The molecule has 0 bridgehead atoms. The van der Waals surface area contributed by atoms with E-state index in [0.29, 0.717) is 29.4 Å². The number of carbonyl (C=O) groups is 3. The molecule has 220 valence electrons. The standard InChI is InChI=1S/C32H34N2O7S/c1-5-7-11-18-41-24-17-15-22(19-25(24)39-4)27-26(23(35)16-14-21-12-9-8-10-13-21)28(36)30(37)34(27)32-33-20(3)29(42-32)31(38)40-6-2/h8-10,12-17,19,27,36H,5-7,11,18H2,1-4H3/b16-14+. The quantitative estimate of drug-likeness (QED) is 0.138. The van der Waals surface area contributed by atoms with Crippen LogP contribution in [-0.2, 0) is 14.3 Å². The molecule has 0 radical (unpaired) electrons. The highest BCUT2D eigenvalue weighted by Gasteiger charge is 2.45. The van der Waals surface area contributed by atoms with Crippen molar-refractivity contribution in [3.63, 3.8) is 0 Å². The van der Waals surface area contributed by atoms with Gasteiger partial charge in [0.2, 0.25) is 0 Å². The number of aromatic nitrogens is 1. The van der Waals surface area contributed by atoms with Gasteiger partial charge in [0, 0.05) is 0 Å². The number of rotatable bonds is 13. The smallest absolute Gasteiger partial charge is 0.350 e. The lowest BCUT2D eigenvalue weighted by atomic mass is 9.95. The van der Waals surface area contributed by atoms with Gasteiger partial charge < -0.3 is 19.3 Å². The number of aliphatic hydroxyl groups is 1. The van der Waals surface area contributed by atoms with E-state index in [4.69, 9.17) is 14.2 Å². The summed E-state index contributed by atoms with van der Waals surface area (Å²) in [6.45, 7) is 6.14. The molecule has 1 aliphatic rings. The van der Waals surface area contributed by atoms with E-state index in [1.54, 1.807) is 38.1 Å². The number of aryl methyl sites for hydroxylation is 1. The molecule has 1 aromatic heterocycles. The lowest BCUT2D eigenvalue weighted by Crippen LogP contribution is -2.30. The van der Waals surface area contributed by atoms with E-state index in [1.807, 2.05) is 30.3 Å². The second-order valence-electron chi connectivity index (χ2n) is 9.55. The molecule has 1 N–H and O–H groups in total. The molecule has 4 rings (SSSR count). The average molecular weight is 591 g/mol. The Morgan fingerprint density at radius 1 is 1.10 bits per heavy atom. The van der Waals surface area contributed by atoms with Crippen LogP contribution in [0.5, 0.6) is 11.5 Å². The fourth-order valence-corrected chi connectivity index (χ4v) is 5.56. The van der Waals surface area contributed by atoms with Gasteiger partial charge in [0.15, 0.2) is 28.2 Å². The number of aliphatic hydroxyl groups excluding tert-OH is 1. The van der Waals surface area contributed by atoms with E-state index < -0.39 is 29.5 Å². The molecule has 3 aromatic rings. The molecule has 42 heavy (non-hydrogen) atoms. The van der Waals surface area contributed by atoms with Crippen LogP contribution in [0.4, 0.5) is 5.13 Å². The molecule has 1 aliphatic heterocycles. The number of ketones is 1. The zero-order chi connectivity index (χ0) is 30.2. The van der Waals surface area contributed by atoms with Crippen molar-refractivity contribution in [2.45, 2.75) is 46.1 Å². The van der Waals surface area contributed by atoms with Crippen molar-refractivity contribution < 1.29 is 33.7 Å². The first-order chi connectivity index (χ1) is 20.3. The summed E-state index contributed by atoms with van der Waals surface area (Å²) < 4.78 is 16.7. The van der Waals surface area contributed by atoms with Gasteiger partial charge in [0.05, 0.1) is 37.6 Å². The van der Waals surface area contributed by atoms with E-state index in [9.17, 15) is 19.5 Å². The van der Waals surface area contributed by atoms with E-state index >= 15 is 0 Å². The molecule has 0 spiro atoms. The molecule has 1 amide bonds. The third kappa shape index (κ3) is 6.54. The van der Waals surface area contributed by atoms with Gasteiger partial charge in [-0.2, -0.15) is 0 Å². The van der Waals surface area contributed by atoms with Crippen molar-refractivity contribution in [1.29, 1.82) is 0 Å². The second-order valence-corrected chi connectivity index (χ2v) is 10.5. The Hall–Kier alpha value is -4.44. The Kier molecular flexibility index (Phi) is 10.1. The summed E-state index contributed by atoms with van der Waals surface area (Å²) in [5.41, 5.74) is 1.53. The highest BCUT2D eigenvalue weighted by Crippen LogP contribution is 2.45. The summed E-state index contributed by atoms with van der Waals surface area (Å²) in [5.74, 6) is -1.67. The van der Waals surface area contributed by atoms with Gasteiger partial charge in [-0.05, 0) is 49.6 Å². The summed E-state index contributed by atoms with van der Waals surface area (Å²) >= 11 is 0.958. The maximum atomic E-state index is 13.6. The molecular formula is C32H34N2O7S. The van der Waals surface area contributed by atoms with Crippen molar-refractivity contribution in [3.05, 3.63) is 87.6 Å². The lowest BCUT2D eigenvalue weighted by Gasteiger charge is -2.25. The predicted octanol–water partition coefficient (Wildman–Crippen LogP) is 6.39. The van der Waals surface area contributed by atoms with Gasteiger partial charge in [0.1, 0.15) is 4.88 Å². The molecule has 0 aliphatic carbocycles. The van der Waals surface area contributed by atoms with E-state index in [1.165, 1.54) is 18.1 Å². The van der Waals surface area contributed by atoms with Crippen molar-refractivity contribution in [3.8, 4) is 11.5 Å². The molecular weight excluding hydrogens is 556 g/mol. The van der Waals surface area contributed by atoms with Crippen LogP contribution >= 0.6 is 11.3 Å². The molecule has 2 aromatic carbocycles. The number of anilines is 1. The fraction of sp³-hybridized carbons (Fsp3) is 0.312. The highest BCUT2D eigenvalue weighted by atomic mass is 32.1. The molecule has 9 nitrogen and oxygen atoms in total. The van der Waals surface area contributed by atoms with Crippen molar-refractivity contribution in [2.75, 3.05) is 25.2 Å². The lowest BCUT2D eigenvalue weighted by molar-refractivity contribution is -0.117. The summed E-state index contributed by atoms with van der Waals surface area (Å²) in [7, 11) is 1.51. The maximum absolute atomic E-state index is 13.6. The predicted molar refractivity (Wildman–Crippen MR) is 161 cm³/mol. The molecule has 2 heterocycles. The van der Waals surface area contributed by atoms with Crippen LogP contribution in [0.3, 0.4) is 0 Å². The number of amides is 1. The normalized spacial score (nSPS) is 15.0. The number of methoxy groups -OCH3 is 1. The van der Waals surface area contributed by atoms with Crippen LogP contribution in [-0.4, -0.2) is 48.1 Å². The van der Waals surface area contributed by atoms with Gasteiger partial charge in [0.25, 0.3) is 5.91 Å². The zero-order valence-electron chi connectivity index (χ0n) is 24.1. The second kappa shape index (κ2) is 14.0. The summed E-state index contributed by atoms with van der Waals surface area (Å²) in [6.07, 6.45) is 5.93. The number of ether oxygens (including phenoxy) is 3. The van der Waals surface area contributed by atoms with Crippen molar-refractivity contribution in [1.82, 2.24) is 4.98 Å². The first kappa shape index (κ1) is 30.5. The van der Waals surface area contributed by atoms with Crippen LogP contribution in [0.25, 0.3) is 6.08 Å². The number of hydrogen-bond acceptors (Lipinski definition) is 9. The number of carbonyl (C=O) groups excluding carboxylic acids is 3. The SMILES string of the molecule is CCCCCOc1ccc(C2C(C(=O)/C=C/c3ccccc3)=C(O)C(=O)N2c2nc(C)c(C(=O)OCC)s2)cc1OC. The molecule has 0 saturated heterocycles. The minimum atomic E-state index is -1.05.